The normalized spacial score (nSPS) is 13.5. The van der Waals surface area contributed by atoms with Gasteiger partial charge in [0.1, 0.15) is 5.84 Å². The van der Waals surface area contributed by atoms with Gasteiger partial charge < -0.3 is 15.2 Å². The van der Waals surface area contributed by atoms with E-state index in [-0.39, 0.29) is 5.91 Å². The maximum atomic E-state index is 12.8. The number of benzene rings is 1. The number of hydrogen-bond donors (Lipinski definition) is 2. The van der Waals surface area contributed by atoms with Gasteiger partial charge in [0.2, 0.25) is 0 Å². The molecule has 4 rings (SSSR count). The van der Waals surface area contributed by atoms with Gasteiger partial charge in [-0.3, -0.25) is 14.8 Å². The molecule has 1 aromatic carbocycles. The second kappa shape index (κ2) is 7.29. The molecule has 132 valence electrons. The quantitative estimate of drug-likeness (QED) is 0.677. The van der Waals surface area contributed by atoms with Gasteiger partial charge in [0, 0.05) is 41.5 Å². The van der Waals surface area contributed by atoms with Gasteiger partial charge >= 0.3 is 0 Å². The summed E-state index contributed by atoms with van der Waals surface area (Å²) in [7, 11) is 0. The number of pyridine rings is 1. The summed E-state index contributed by atoms with van der Waals surface area (Å²) in [6.45, 7) is 2.78. The third kappa shape index (κ3) is 3.48. The Hall–Kier alpha value is -2.67. The first-order valence-corrected chi connectivity index (χ1v) is 9.23. The van der Waals surface area contributed by atoms with Crippen LogP contribution in [0.25, 0.3) is 10.9 Å². The van der Waals surface area contributed by atoms with Gasteiger partial charge in [0.05, 0.1) is 24.2 Å². The minimum absolute atomic E-state index is 0.0887. The Morgan fingerprint density at radius 1 is 1.27 bits per heavy atom. The first-order valence-electron chi connectivity index (χ1n) is 8.43. The highest BCUT2D eigenvalue weighted by Gasteiger charge is 2.17. The SMILES string of the molecule is O=C(NCc1ccncc1)c1cn(CC2=NCCN2)c2cc(Br)ccc12. The molecule has 3 aromatic rings. The molecule has 0 atom stereocenters. The molecule has 0 spiro atoms. The van der Waals surface area contributed by atoms with Crippen molar-refractivity contribution in [3.63, 3.8) is 0 Å². The Labute approximate surface area is 159 Å². The number of carbonyl (C=O) groups is 1. The molecule has 3 heterocycles. The Balaban J connectivity index is 1.62. The molecule has 1 amide bonds. The molecule has 0 radical (unpaired) electrons. The lowest BCUT2D eigenvalue weighted by atomic mass is 10.1. The highest BCUT2D eigenvalue weighted by atomic mass is 79.9. The molecular formula is C19H18BrN5O. The molecule has 6 nitrogen and oxygen atoms in total. The topological polar surface area (TPSA) is 71.3 Å². The summed E-state index contributed by atoms with van der Waals surface area (Å²) in [6.07, 6.45) is 5.35. The molecule has 26 heavy (non-hydrogen) atoms. The second-order valence-corrected chi connectivity index (χ2v) is 7.04. The molecule has 2 aromatic heterocycles. The van der Waals surface area contributed by atoms with Gasteiger partial charge in [-0.25, -0.2) is 0 Å². The standard InChI is InChI=1S/C19H18BrN5O/c20-14-1-2-15-16(19(26)24-10-13-3-5-21-6-4-13)11-25(17(15)9-14)12-18-22-7-8-23-18/h1-6,9,11H,7-8,10,12H2,(H,22,23)(H,24,26). The first-order chi connectivity index (χ1) is 12.7. The van der Waals surface area contributed by atoms with E-state index >= 15 is 0 Å². The molecule has 0 aliphatic carbocycles. The summed E-state index contributed by atoms with van der Waals surface area (Å²) in [5, 5.41) is 7.20. The second-order valence-electron chi connectivity index (χ2n) is 6.13. The number of amidine groups is 1. The van der Waals surface area contributed by atoms with Crippen molar-refractivity contribution in [3.8, 4) is 0 Å². The number of amides is 1. The van der Waals surface area contributed by atoms with Gasteiger partial charge in [-0.15, -0.1) is 0 Å². The molecule has 1 aliphatic rings. The number of nitrogens with zero attached hydrogens (tertiary/aromatic N) is 3. The lowest BCUT2D eigenvalue weighted by molar-refractivity contribution is 0.0952. The number of aromatic nitrogens is 2. The molecule has 1 aliphatic heterocycles. The van der Waals surface area contributed by atoms with Crippen LogP contribution in [0.3, 0.4) is 0 Å². The lowest BCUT2D eigenvalue weighted by Gasteiger charge is -2.06. The van der Waals surface area contributed by atoms with Crippen LogP contribution in [0.5, 0.6) is 0 Å². The fourth-order valence-corrected chi connectivity index (χ4v) is 3.42. The predicted molar refractivity (Wildman–Crippen MR) is 105 cm³/mol. The van der Waals surface area contributed by atoms with Crippen molar-refractivity contribution in [2.75, 3.05) is 13.1 Å². The number of carbonyl (C=O) groups excluding carboxylic acids is 1. The van der Waals surface area contributed by atoms with Crippen LogP contribution in [0, 0.1) is 0 Å². The third-order valence-corrected chi connectivity index (χ3v) is 4.85. The maximum absolute atomic E-state index is 12.8. The van der Waals surface area contributed by atoms with Crippen LogP contribution in [0.4, 0.5) is 0 Å². The third-order valence-electron chi connectivity index (χ3n) is 4.36. The minimum Gasteiger partial charge on any atom is -0.370 e. The highest BCUT2D eigenvalue weighted by Crippen LogP contribution is 2.25. The van der Waals surface area contributed by atoms with E-state index in [1.807, 2.05) is 36.5 Å². The average molecular weight is 412 g/mol. The molecular weight excluding hydrogens is 394 g/mol. The zero-order valence-electron chi connectivity index (χ0n) is 14.1. The number of aliphatic imine (C=N–C) groups is 1. The first kappa shape index (κ1) is 16.8. The van der Waals surface area contributed by atoms with Crippen LogP contribution in [0.15, 0.2) is 58.4 Å². The van der Waals surface area contributed by atoms with Crippen LogP contribution in [-0.2, 0) is 13.1 Å². The van der Waals surface area contributed by atoms with Gasteiger partial charge in [0.15, 0.2) is 0 Å². The van der Waals surface area contributed by atoms with Gasteiger partial charge in [-0.05, 0) is 29.8 Å². The van der Waals surface area contributed by atoms with Crippen molar-refractivity contribution in [3.05, 3.63) is 64.5 Å². The van der Waals surface area contributed by atoms with Crippen molar-refractivity contribution >= 4 is 38.6 Å². The maximum Gasteiger partial charge on any atom is 0.253 e. The summed E-state index contributed by atoms with van der Waals surface area (Å²) >= 11 is 3.52. The number of nitrogens with one attached hydrogen (secondary N) is 2. The largest absolute Gasteiger partial charge is 0.370 e. The zero-order valence-corrected chi connectivity index (χ0v) is 15.7. The van der Waals surface area contributed by atoms with E-state index in [0.29, 0.717) is 18.7 Å². The summed E-state index contributed by atoms with van der Waals surface area (Å²) in [5.74, 6) is 0.861. The van der Waals surface area contributed by atoms with Crippen molar-refractivity contribution < 1.29 is 4.79 Å². The number of rotatable bonds is 5. The Bertz CT molecular complexity index is 980. The smallest absolute Gasteiger partial charge is 0.253 e. The van der Waals surface area contributed by atoms with Crippen LogP contribution in [0.1, 0.15) is 15.9 Å². The van der Waals surface area contributed by atoms with Crippen LogP contribution >= 0.6 is 15.9 Å². The van der Waals surface area contributed by atoms with Gasteiger partial charge in [-0.1, -0.05) is 22.0 Å². The van der Waals surface area contributed by atoms with E-state index in [1.165, 1.54) is 0 Å². The van der Waals surface area contributed by atoms with E-state index in [4.69, 9.17) is 0 Å². The molecule has 0 bridgehead atoms. The highest BCUT2D eigenvalue weighted by molar-refractivity contribution is 9.10. The van der Waals surface area contributed by atoms with E-state index in [2.05, 4.69) is 41.1 Å². The summed E-state index contributed by atoms with van der Waals surface area (Å²) in [6, 6.07) is 9.75. The molecule has 0 unspecified atom stereocenters. The molecule has 0 fully saturated rings. The average Bonchev–Trinajstić information content (AvgIpc) is 3.29. The predicted octanol–water partition coefficient (Wildman–Crippen LogP) is 2.73. The van der Waals surface area contributed by atoms with Crippen molar-refractivity contribution in [1.82, 2.24) is 20.2 Å². The Morgan fingerprint density at radius 3 is 2.88 bits per heavy atom. The summed E-state index contributed by atoms with van der Waals surface area (Å²) in [5.41, 5.74) is 2.69. The molecule has 7 heteroatoms. The summed E-state index contributed by atoms with van der Waals surface area (Å²) < 4.78 is 3.05. The fourth-order valence-electron chi connectivity index (χ4n) is 3.07. The molecule has 0 saturated carbocycles. The van der Waals surface area contributed by atoms with E-state index in [9.17, 15) is 4.79 Å². The summed E-state index contributed by atoms with van der Waals surface area (Å²) in [4.78, 5) is 21.2. The van der Waals surface area contributed by atoms with Crippen LogP contribution in [-0.4, -0.2) is 34.4 Å². The Morgan fingerprint density at radius 2 is 2.12 bits per heavy atom. The van der Waals surface area contributed by atoms with Gasteiger partial charge in [-0.2, -0.15) is 0 Å². The van der Waals surface area contributed by atoms with Crippen LogP contribution < -0.4 is 10.6 Å². The lowest BCUT2D eigenvalue weighted by Crippen LogP contribution is -2.24. The van der Waals surface area contributed by atoms with Gasteiger partial charge in [0.25, 0.3) is 5.91 Å². The molecule has 2 N–H and O–H groups in total. The minimum atomic E-state index is -0.0887. The fraction of sp³-hybridized carbons (Fsp3) is 0.211. The van der Waals surface area contributed by atoms with Crippen molar-refractivity contribution in [2.45, 2.75) is 13.1 Å². The van der Waals surface area contributed by atoms with Crippen molar-refractivity contribution in [2.24, 2.45) is 4.99 Å². The number of halogens is 1. The number of fused-ring (bicyclic) bond motifs is 1. The van der Waals surface area contributed by atoms with E-state index in [0.717, 1.165) is 39.9 Å². The Kier molecular flexibility index (Phi) is 4.71. The zero-order chi connectivity index (χ0) is 17.9. The van der Waals surface area contributed by atoms with Crippen molar-refractivity contribution in [1.29, 1.82) is 0 Å². The van der Waals surface area contributed by atoms with E-state index in [1.54, 1.807) is 12.4 Å². The number of hydrogen-bond acceptors (Lipinski definition) is 4. The monoisotopic (exact) mass is 411 g/mol. The van der Waals surface area contributed by atoms with E-state index < -0.39 is 0 Å². The van der Waals surface area contributed by atoms with Crippen LogP contribution in [0.2, 0.25) is 0 Å². The molecule has 0 saturated heterocycles.